The number of allylic oxidation sites excluding steroid dienone is 1. The second kappa shape index (κ2) is 7.22. The summed E-state index contributed by atoms with van der Waals surface area (Å²) < 4.78 is 46.2. The summed E-state index contributed by atoms with van der Waals surface area (Å²) in [4.78, 5) is 0. The zero-order valence-corrected chi connectivity index (χ0v) is 14.4. The molecule has 0 radical (unpaired) electrons. The van der Waals surface area contributed by atoms with Gasteiger partial charge in [-0.25, -0.2) is 5.01 Å². The highest BCUT2D eigenvalue weighted by atomic mass is 19.4. The Balaban J connectivity index is 1.46. The summed E-state index contributed by atoms with van der Waals surface area (Å²) in [6.07, 6.45) is 1.86. The first-order chi connectivity index (χ1) is 13.0. The summed E-state index contributed by atoms with van der Waals surface area (Å²) in [6.45, 7) is 1.57. The molecule has 27 heavy (non-hydrogen) atoms. The molecule has 144 valence electrons. The molecule has 1 unspecified atom stereocenters. The fourth-order valence-electron chi connectivity index (χ4n) is 3.38. The minimum atomic E-state index is -4.70. The third kappa shape index (κ3) is 4.24. The molecule has 1 atom stereocenters. The van der Waals surface area contributed by atoms with Crippen molar-refractivity contribution in [2.45, 2.75) is 31.8 Å². The average molecular weight is 380 g/mol. The van der Waals surface area contributed by atoms with Crippen molar-refractivity contribution in [1.82, 2.24) is 10.4 Å². The molecule has 1 fully saturated rings. The number of benzene rings is 1. The van der Waals surface area contributed by atoms with E-state index in [0.717, 1.165) is 38.3 Å². The molecule has 3 aliphatic heterocycles. The Morgan fingerprint density at radius 2 is 1.89 bits per heavy atom. The van der Waals surface area contributed by atoms with Crippen molar-refractivity contribution in [3.63, 3.8) is 0 Å². The molecule has 0 bridgehead atoms. The molecule has 0 aliphatic carbocycles. The molecule has 0 aromatic heterocycles. The van der Waals surface area contributed by atoms with E-state index in [1.807, 2.05) is 11.1 Å². The maximum atomic E-state index is 12.3. The number of fused-ring (bicyclic) bond motifs is 1. The number of amidine groups is 1. The number of ether oxygens (including phenoxy) is 2. The van der Waals surface area contributed by atoms with Crippen LogP contribution in [-0.4, -0.2) is 42.3 Å². The molecule has 1 aromatic rings. The van der Waals surface area contributed by atoms with Crippen LogP contribution in [0.2, 0.25) is 0 Å². The minimum absolute atomic E-state index is 0.0316. The lowest BCUT2D eigenvalue weighted by Crippen LogP contribution is -2.40. The van der Waals surface area contributed by atoms with Gasteiger partial charge in [0.25, 0.3) is 0 Å². The Labute approximate surface area is 154 Å². The van der Waals surface area contributed by atoms with Gasteiger partial charge in [-0.1, -0.05) is 0 Å². The smallest absolute Gasteiger partial charge is 0.406 e. The maximum Gasteiger partial charge on any atom is 0.573 e. The van der Waals surface area contributed by atoms with Gasteiger partial charge in [-0.3, -0.25) is 5.43 Å². The Bertz CT molecular complexity index is 768. The van der Waals surface area contributed by atoms with Crippen LogP contribution in [0.4, 0.5) is 13.2 Å². The lowest BCUT2D eigenvalue weighted by atomic mass is 9.95. The van der Waals surface area contributed by atoms with Crippen molar-refractivity contribution in [3.05, 3.63) is 42.0 Å². The number of alkyl halides is 3. The molecule has 9 heteroatoms. The number of nitrogens with zero attached hydrogens (tertiary/aromatic N) is 3. The Hall–Kier alpha value is -2.55. The molecule has 3 heterocycles. The van der Waals surface area contributed by atoms with E-state index in [4.69, 9.17) is 4.74 Å². The first-order valence-electron chi connectivity index (χ1n) is 8.81. The number of rotatable bonds is 4. The first kappa shape index (κ1) is 17.8. The zero-order chi connectivity index (χ0) is 18.9. The van der Waals surface area contributed by atoms with Crippen LogP contribution in [0.5, 0.6) is 5.75 Å². The molecule has 1 aromatic carbocycles. The van der Waals surface area contributed by atoms with E-state index in [9.17, 15) is 13.2 Å². The fraction of sp³-hybridized carbons (Fsp3) is 0.444. The summed E-state index contributed by atoms with van der Waals surface area (Å²) in [7, 11) is 0. The Kier molecular flexibility index (Phi) is 4.77. The topological polar surface area (TPSA) is 58.5 Å². The third-order valence-corrected chi connectivity index (χ3v) is 4.74. The molecular weight excluding hydrogens is 361 g/mol. The lowest BCUT2D eigenvalue weighted by Gasteiger charge is -2.29. The van der Waals surface area contributed by atoms with Crippen LogP contribution >= 0.6 is 0 Å². The van der Waals surface area contributed by atoms with Crippen LogP contribution in [-0.2, 0) is 4.74 Å². The zero-order valence-electron chi connectivity index (χ0n) is 14.4. The van der Waals surface area contributed by atoms with Gasteiger partial charge in [0, 0.05) is 18.8 Å². The fourth-order valence-corrected chi connectivity index (χ4v) is 3.38. The van der Waals surface area contributed by atoms with E-state index in [0.29, 0.717) is 17.2 Å². The number of hydrogen-bond acceptors (Lipinski definition) is 6. The third-order valence-electron chi connectivity index (χ3n) is 4.74. The molecule has 1 N–H and O–H groups in total. The second-order valence-electron chi connectivity index (χ2n) is 6.64. The maximum absolute atomic E-state index is 12.3. The van der Waals surface area contributed by atoms with E-state index >= 15 is 0 Å². The van der Waals surface area contributed by atoms with Gasteiger partial charge in [-0.05, 0) is 61.6 Å². The molecule has 3 aliphatic rings. The van der Waals surface area contributed by atoms with Crippen LogP contribution in [0.3, 0.4) is 0 Å². The summed E-state index contributed by atoms with van der Waals surface area (Å²) in [5.74, 6) is 1.02. The number of hydrazone groups is 2. The molecule has 0 amide bonds. The van der Waals surface area contributed by atoms with Gasteiger partial charge in [0.1, 0.15) is 11.9 Å². The van der Waals surface area contributed by atoms with Crippen molar-refractivity contribution < 1.29 is 22.6 Å². The predicted molar refractivity (Wildman–Crippen MR) is 93.2 cm³/mol. The molecule has 1 saturated heterocycles. The molecule has 0 saturated carbocycles. The van der Waals surface area contributed by atoms with Gasteiger partial charge in [0.15, 0.2) is 5.84 Å². The van der Waals surface area contributed by atoms with E-state index in [1.165, 1.54) is 12.1 Å². The van der Waals surface area contributed by atoms with E-state index in [2.05, 4.69) is 20.4 Å². The lowest BCUT2D eigenvalue weighted by molar-refractivity contribution is -0.274. The highest BCUT2D eigenvalue weighted by Gasteiger charge is 2.32. The normalized spacial score (nSPS) is 22.8. The molecule has 6 nitrogen and oxygen atoms in total. The van der Waals surface area contributed by atoms with Crippen molar-refractivity contribution in [1.29, 1.82) is 0 Å². The van der Waals surface area contributed by atoms with E-state index < -0.39 is 6.36 Å². The van der Waals surface area contributed by atoms with Crippen LogP contribution in [0.15, 0.2) is 46.6 Å². The monoisotopic (exact) mass is 380 g/mol. The quantitative estimate of drug-likeness (QED) is 0.872. The van der Waals surface area contributed by atoms with Gasteiger partial charge in [0.05, 0.1) is 5.71 Å². The van der Waals surface area contributed by atoms with E-state index in [1.54, 1.807) is 18.2 Å². The second-order valence-corrected chi connectivity index (χ2v) is 6.64. The summed E-state index contributed by atoms with van der Waals surface area (Å²) in [5.41, 5.74) is 4.49. The standard InChI is InChI=1S/C18H19F3N4O2/c19-18(20,21)27-14-3-1-13(2-4-14)15-5-6-16-22-23-17(25(16)24-15)11-12-7-9-26-10-8-12/h1-6,12,17,23H,7-11H2. The molecule has 4 rings (SSSR count). The summed E-state index contributed by atoms with van der Waals surface area (Å²) >= 11 is 0. The molecule has 0 spiro atoms. The van der Waals surface area contributed by atoms with Gasteiger partial charge < -0.3 is 9.47 Å². The van der Waals surface area contributed by atoms with Crippen LogP contribution in [0.25, 0.3) is 0 Å². The Morgan fingerprint density at radius 1 is 1.15 bits per heavy atom. The van der Waals surface area contributed by atoms with Crippen molar-refractivity contribution in [3.8, 4) is 5.75 Å². The predicted octanol–water partition coefficient (Wildman–Crippen LogP) is 3.22. The average Bonchev–Trinajstić information content (AvgIpc) is 3.04. The molecular formula is C18H19F3N4O2. The van der Waals surface area contributed by atoms with Crippen LogP contribution in [0, 0.1) is 5.92 Å². The van der Waals surface area contributed by atoms with Crippen molar-refractivity contribution >= 4 is 11.5 Å². The highest BCUT2D eigenvalue weighted by Crippen LogP contribution is 2.26. The minimum Gasteiger partial charge on any atom is -0.406 e. The highest BCUT2D eigenvalue weighted by molar-refractivity contribution is 6.14. The first-order valence-corrected chi connectivity index (χ1v) is 8.81. The summed E-state index contributed by atoms with van der Waals surface area (Å²) in [5, 5.41) is 10.8. The van der Waals surface area contributed by atoms with Crippen LogP contribution < -0.4 is 10.2 Å². The van der Waals surface area contributed by atoms with Crippen molar-refractivity contribution in [2.75, 3.05) is 13.2 Å². The van der Waals surface area contributed by atoms with Gasteiger partial charge in [-0.2, -0.15) is 10.2 Å². The SMILES string of the molecule is FC(F)(F)Oc1ccc(C2=NN3C(=NNC3CC3CCOCC3)C=C2)cc1. The number of halogens is 3. The van der Waals surface area contributed by atoms with Gasteiger partial charge in [0.2, 0.25) is 0 Å². The van der Waals surface area contributed by atoms with E-state index in [-0.39, 0.29) is 11.9 Å². The number of hydrogen-bond donors (Lipinski definition) is 1. The van der Waals surface area contributed by atoms with Crippen LogP contribution in [0.1, 0.15) is 24.8 Å². The largest absolute Gasteiger partial charge is 0.573 e. The summed E-state index contributed by atoms with van der Waals surface area (Å²) in [6, 6.07) is 5.68. The van der Waals surface area contributed by atoms with Gasteiger partial charge in [-0.15, -0.1) is 13.2 Å². The van der Waals surface area contributed by atoms with Crippen molar-refractivity contribution in [2.24, 2.45) is 16.1 Å². The van der Waals surface area contributed by atoms with Gasteiger partial charge >= 0.3 is 6.36 Å². The number of nitrogens with one attached hydrogen (secondary N) is 1. The Morgan fingerprint density at radius 3 is 2.59 bits per heavy atom.